The molecule has 0 atom stereocenters. The first kappa shape index (κ1) is 29.9. The van der Waals surface area contributed by atoms with Crippen LogP contribution in [0.3, 0.4) is 0 Å². The number of fused-ring (bicyclic) bond motifs is 3. The van der Waals surface area contributed by atoms with Crippen LogP contribution in [-0.4, -0.2) is 78.1 Å². The zero-order valence-electron chi connectivity index (χ0n) is 25.0. The van der Waals surface area contributed by atoms with Crippen LogP contribution in [0.2, 0.25) is 0 Å². The number of halogens is 1. The zero-order chi connectivity index (χ0) is 30.1. The van der Waals surface area contributed by atoms with Crippen molar-refractivity contribution in [2.24, 2.45) is 0 Å². The number of carbonyl (C=O) groups excluding carboxylic acids is 1. The van der Waals surface area contributed by atoms with Gasteiger partial charge in [-0.1, -0.05) is 42.5 Å². The summed E-state index contributed by atoms with van der Waals surface area (Å²) in [5.41, 5.74) is 6.18. The van der Waals surface area contributed by atoms with Gasteiger partial charge in [-0.2, -0.15) is 0 Å². The predicted octanol–water partition coefficient (Wildman–Crippen LogP) is 5.18. The van der Waals surface area contributed by atoms with E-state index in [9.17, 15) is 9.18 Å². The van der Waals surface area contributed by atoms with Crippen LogP contribution >= 0.6 is 0 Å². The fraction of sp³-hybridized carbons (Fsp3) is 0.333. The Morgan fingerprint density at radius 2 is 1.61 bits per heavy atom. The normalized spacial score (nSPS) is 16.9. The number of benzene rings is 3. The lowest BCUT2D eigenvalue weighted by atomic mass is 9.99. The van der Waals surface area contributed by atoms with Gasteiger partial charge in [-0.3, -0.25) is 19.6 Å². The van der Waals surface area contributed by atoms with Gasteiger partial charge in [0.1, 0.15) is 18.2 Å². The van der Waals surface area contributed by atoms with Gasteiger partial charge in [0, 0.05) is 70.5 Å². The predicted molar refractivity (Wildman–Crippen MR) is 168 cm³/mol. The Morgan fingerprint density at radius 3 is 2.43 bits per heavy atom. The van der Waals surface area contributed by atoms with E-state index in [1.165, 1.54) is 23.3 Å². The van der Waals surface area contributed by atoms with E-state index in [0.29, 0.717) is 44.9 Å². The number of pyridine rings is 1. The molecule has 3 heterocycles. The Hall–Kier alpha value is -4.11. The molecule has 1 amide bonds. The van der Waals surface area contributed by atoms with Crippen molar-refractivity contribution in [2.75, 3.05) is 52.5 Å². The molecule has 0 aliphatic carbocycles. The molecule has 0 unspecified atom stereocenters. The summed E-state index contributed by atoms with van der Waals surface area (Å²) < 4.78 is 25.4. The summed E-state index contributed by atoms with van der Waals surface area (Å²) in [6.45, 7) is 7.50. The number of hydrogen-bond acceptors (Lipinski definition) is 6. The smallest absolute Gasteiger partial charge is 0.253 e. The van der Waals surface area contributed by atoms with Gasteiger partial charge in [-0.05, 0) is 64.7 Å². The fourth-order valence-corrected chi connectivity index (χ4v) is 5.89. The topological polar surface area (TPSA) is 58.1 Å². The average Bonchev–Trinajstić information content (AvgIpc) is 3.04. The van der Waals surface area contributed by atoms with Crippen molar-refractivity contribution in [3.63, 3.8) is 0 Å². The van der Waals surface area contributed by atoms with Gasteiger partial charge in [0.15, 0.2) is 0 Å². The maximum absolute atomic E-state index is 13.6. The molecule has 7 nitrogen and oxygen atoms in total. The highest BCUT2D eigenvalue weighted by molar-refractivity contribution is 5.94. The van der Waals surface area contributed by atoms with E-state index >= 15 is 0 Å². The highest BCUT2D eigenvalue weighted by Gasteiger charge is 2.23. The Bertz CT molecular complexity index is 1520. The second-order valence-corrected chi connectivity index (χ2v) is 11.5. The Kier molecular flexibility index (Phi) is 9.92. The molecular formula is C36H39FN4O3. The molecule has 0 saturated carbocycles. The lowest BCUT2D eigenvalue weighted by molar-refractivity contribution is 0.0628. The molecule has 2 aliphatic heterocycles. The number of ether oxygens (including phenoxy) is 2. The van der Waals surface area contributed by atoms with E-state index in [2.05, 4.69) is 45.1 Å². The van der Waals surface area contributed by atoms with E-state index in [1.54, 1.807) is 0 Å². The minimum Gasteiger partial charge on any atom is -0.491 e. The first-order chi connectivity index (χ1) is 21.6. The molecule has 6 rings (SSSR count). The number of nitrogens with zero attached hydrogens (tertiary/aromatic N) is 4. The fourth-order valence-electron chi connectivity index (χ4n) is 5.89. The second kappa shape index (κ2) is 14.6. The van der Waals surface area contributed by atoms with Crippen LogP contribution < -0.4 is 4.74 Å². The summed E-state index contributed by atoms with van der Waals surface area (Å²) in [6.07, 6.45) is 2.50. The van der Waals surface area contributed by atoms with E-state index < -0.39 is 0 Å². The van der Waals surface area contributed by atoms with Gasteiger partial charge in [-0.25, -0.2) is 4.39 Å². The average molecular weight is 595 g/mol. The van der Waals surface area contributed by atoms with Crippen LogP contribution in [-0.2, 0) is 30.8 Å². The number of piperazine rings is 1. The van der Waals surface area contributed by atoms with Crippen molar-refractivity contribution in [1.82, 2.24) is 19.7 Å². The minimum absolute atomic E-state index is 0.0379. The van der Waals surface area contributed by atoms with Crippen molar-refractivity contribution >= 4 is 5.91 Å². The lowest BCUT2D eigenvalue weighted by Crippen LogP contribution is -2.48. The number of aromatic nitrogens is 1. The number of hydrogen-bond donors (Lipinski definition) is 0. The molecule has 1 aromatic heterocycles. The monoisotopic (exact) mass is 594 g/mol. The Balaban J connectivity index is 1.14. The van der Waals surface area contributed by atoms with Gasteiger partial charge >= 0.3 is 0 Å². The molecule has 0 spiro atoms. The summed E-state index contributed by atoms with van der Waals surface area (Å²) in [6, 6.07) is 27.1. The molecule has 228 valence electrons. The van der Waals surface area contributed by atoms with E-state index in [0.717, 1.165) is 61.8 Å². The highest BCUT2D eigenvalue weighted by atomic mass is 19.1. The molecule has 44 heavy (non-hydrogen) atoms. The molecule has 2 bridgehead atoms. The second-order valence-electron chi connectivity index (χ2n) is 11.5. The maximum atomic E-state index is 13.6. The summed E-state index contributed by atoms with van der Waals surface area (Å²) >= 11 is 0. The molecule has 0 N–H and O–H groups in total. The SMILES string of the molecule is O=C(c1ccc2c(c1)Cc1cccc(c1)CN(Cc1ccccn1)CCOCCO2)N1CCN(Cc2ccc(F)cc2)CC1. The first-order valence-electron chi connectivity index (χ1n) is 15.4. The highest BCUT2D eigenvalue weighted by Crippen LogP contribution is 2.26. The molecule has 4 aromatic rings. The van der Waals surface area contributed by atoms with Crippen molar-refractivity contribution < 1.29 is 18.7 Å². The zero-order valence-corrected chi connectivity index (χ0v) is 25.0. The third kappa shape index (κ3) is 8.08. The lowest BCUT2D eigenvalue weighted by Gasteiger charge is -2.35. The van der Waals surface area contributed by atoms with Crippen LogP contribution in [0.15, 0.2) is 91.1 Å². The largest absolute Gasteiger partial charge is 0.491 e. The quantitative estimate of drug-likeness (QED) is 0.318. The van der Waals surface area contributed by atoms with Crippen molar-refractivity contribution in [3.8, 4) is 5.75 Å². The summed E-state index contributed by atoms with van der Waals surface area (Å²) in [4.78, 5) is 24.7. The van der Waals surface area contributed by atoms with Gasteiger partial charge in [0.05, 0.1) is 18.9 Å². The standard InChI is InChI=1S/C36H39FN4O3/c37-33-10-7-28(8-11-33)25-39-14-16-41(17-15-39)36(42)31-9-12-35-32(24-31)23-29-4-3-5-30(22-29)26-40(18-19-43-20-21-44-35)27-34-6-1-2-13-38-34/h1-13,22,24H,14-21,23,25-27H2. The van der Waals surface area contributed by atoms with Crippen LogP contribution in [0.4, 0.5) is 4.39 Å². The van der Waals surface area contributed by atoms with E-state index in [1.807, 2.05) is 53.6 Å². The molecule has 0 radical (unpaired) electrons. The first-order valence-corrected chi connectivity index (χ1v) is 15.4. The number of amides is 1. The third-order valence-electron chi connectivity index (χ3n) is 8.23. The minimum atomic E-state index is -0.224. The Morgan fingerprint density at radius 1 is 0.773 bits per heavy atom. The number of carbonyl (C=O) groups is 1. The molecule has 2 aliphatic rings. The van der Waals surface area contributed by atoms with Crippen LogP contribution in [0.25, 0.3) is 0 Å². The molecular weight excluding hydrogens is 555 g/mol. The van der Waals surface area contributed by atoms with Crippen molar-refractivity contribution in [3.05, 3.63) is 130 Å². The Labute approximate surface area is 258 Å². The summed E-state index contributed by atoms with van der Waals surface area (Å²) in [5, 5.41) is 0. The van der Waals surface area contributed by atoms with Gasteiger partial charge < -0.3 is 14.4 Å². The molecule has 3 aromatic carbocycles. The van der Waals surface area contributed by atoms with Gasteiger partial charge in [0.25, 0.3) is 5.91 Å². The van der Waals surface area contributed by atoms with E-state index in [4.69, 9.17) is 9.47 Å². The molecule has 8 heteroatoms. The van der Waals surface area contributed by atoms with Gasteiger partial charge in [-0.15, -0.1) is 0 Å². The molecule has 1 saturated heterocycles. The van der Waals surface area contributed by atoms with E-state index in [-0.39, 0.29) is 11.7 Å². The third-order valence-corrected chi connectivity index (χ3v) is 8.23. The molecule has 1 fully saturated rings. The van der Waals surface area contributed by atoms with Crippen LogP contribution in [0, 0.1) is 5.82 Å². The maximum Gasteiger partial charge on any atom is 0.253 e. The summed E-state index contributed by atoms with van der Waals surface area (Å²) in [7, 11) is 0. The summed E-state index contributed by atoms with van der Waals surface area (Å²) in [5.74, 6) is 0.600. The number of rotatable bonds is 5. The van der Waals surface area contributed by atoms with Crippen LogP contribution in [0.1, 0.15) is 38.3 Å². The van der Waals surface area contributed by atoms with Crippen molar-refractivity contribution in [2.45, 2.75) is 26.1 Å². The van der Waals surface area contributed by atoms with Gasteiger partial charge in [0.2, 0.25) is 0 Å². The van der Waals surface area contributed by atoms with Crippen molar-refractivity contribution in [1.29, 1.82) is 0 Å². The van der Waals surface area contributed by atoms with Crippen LogP contribution in [0.5, 0.6) is 5.75 Å².